The average molecular weight is 304 g/mol. The van der Waals surface area contributed by atoms with Gasteiger partial charge < -0.3 is 10.7 Å². The number of aryl methyl sites for hydroxylation is 2. The molecule has 0 fully saturated rings. The van der Waals surface area contributed by atoms with Crippen molar-refractivity contribution in [2.45, 2.75) is 20.4 Å². The van der Waals surface area contributed by atoms with Gasteiger partial charge in [0.2, 0.25) is 6.54 Å². The molecule has 2 aromatic carbocycles. The molecule has 0 spiro atoms. The SMILES string of the molecule is Cc1c2cc[n+](CC(N)=O)cc2c(C)c2c1[nH]c1ccccc12. The standard InChI is InChI=1S/C19H17N3O/c1-11-15-9-22(10-17(20)23)8-7-13(15)12(2)19-18(11)14-5-3-4-6-16(14)21-19/h3-9H,10H2,1-2H3,(H2,20,23)/p+1. The minimum atomic E-state index is -0.336. The van der Waals surface area contributed by atoms with E-state index in [1.807, 2.05) is 23.0 Å². The third-order valence-electron chi connectivity index (χ3n) is 4.62. The molecule has 0 aliphatic carbocycles. The first-order chi connectivity index (χ1) is 11.1. The second kappa shape index (κ2) is 4.81. The number of hydrogen-bond donors (Lipinski definition) is 2. The van der Waals surface area contributed by atoms with Crippen LogP contribution in [0.1, 0.15) is 11.1 Å². The fourth-order valence-electron chi connectivity index (χ4n) is 3.52. The lowest BCUT2D eigenvalue weighted by Gasteiger charge is -2.08. The van der Waals surface area contributed by atoms with Crippen molar-refractivity contribution in [2.24, 2.45) is 5.73 Å². The number of primary amides is 1. The molecule has 0 bridgehead atoms. The van der Waals surface area contributed by atoms with Crippen molar-refractivity contribution in [3.05, 3.63) is 53.9 Å². The van der Waals surface area contributed by atoms with Gasteiger partial charge in [-0.1, -0.05) is 18.2 Å². The maximum Gasteiger partial charge on any atom is 0.283 e. The molecular weight excluding hydrogens is 286 g/mol. The Morgan fingerprint density at radius 1 is 1.09 bits per heavy atom. The summed E-state index contributed by atoms with van der Waals surface area (Å²) in [6.45, 7) is 4.47. The Kier molecular flexibility index (Phi) is 2.88. The number of nitrogens with two attached hydrogens (primary N) is 1. The number of carbonyl (C=O) groups is 1. The Hall–Kier alpha value is -2.88. The molecule has 4 aromatic rings. The maximum absolute atomic E-state index is 11.2. The molecule has 2 aromatic heterocycles. The number of para-hydroxylation sites is 1. The van der Waals surface area contributed by atoms with Crippen LogP contribution in [0.4, 0.5) is 0 Å². The van der Waals surface area contributed by atoms with E-state index in [1.165, 1.54) is 32.8 Å². The Morgan fingerprint density at radius 3 is 2.65 bits per heavy atom. The number of fused-ring (bicyclic) bond motifs is 4. The highest BCUT2D eigenvalue weighted by Crippen LogP contribution is 2.35. The van der Waals surface area contributed by atoms with Crippen molar-refractivity contribution in [1.82, 2.24) is 4.98 Å². The first-order valence-electron chi connectivity index (χ1n) is 7.67. The molecule has 4 nitrogen and oxygen atoms in total. The van der Waals surface area contributed by atoms with Crippen molar-refractivity contribution in [3.8, 4) is 0 Å². The summed E-state index contributed by atoms with van der Waals surface area (Å²) in [5.74, 6) is -0.336. The molecule has 0 aliphatic rings. The molecule has 0 saturated heterocycles. The number of carbonyl (C=O) groups excluding carboxylic acids is 1. The highest BCUT2D eigenvalue weighted by atomic mass is 16.1. The highest BCUT2D eigenvalue weighted by molar-refractivity contribution is 6.16. The van der Waals surface area contributed by atoms with Crippen LogP contribution in [0.3, 0.4) is 0 Å². The Morgan fingerprint density at radius 2 is 1.87 bits per heavy atom. The molecule has 1 amide bonds. The number of benzene rings is 2. The maximum atomic E-state index is 11.2. The highest BCUT2D eigenvalue weighted by Gasteiger charge is 2.16. The number of nitrogens with one attached hydrogen (secondary N) is 1. The number of aromatic amines is 1. The predicted octanol–water partition coefficient (Wildman–Crippen LogP) is 2.86. The summed E-state index contributed by atoms with van der Waals surface area (Å²) in [6, 6.07) is 10.4. The van der Waals surface area contributed by atoms with Crippen LogP contribution >= 0.6 is 0 Å². The van der Waals surface area contributed by atoms with E-state index in [1.54, 1.807) is 0 Å². The molecular formula is C19H18N3O+. The largest absolute Gasteiger partial charge is 0.364 e. The van der Waals surface area contributed by atoms with Gasteiger partial charge >= 0.3 is 0 Å². The Balaban J connectivity index is 2.15. The van der Waals surface area contributed by atoms with Crippen LogP contribution in [0.15, 0.2) is 42.7 Å². The van der Waals surface area contributed by atoms with E-state index in [0.717, 1.165) is 10.9 Å². The Bertz CT molecular complexity index is 1090. The topological polar surface area (TPSA) is 62.8 Å². The zero-order valence-corrected chi connectivity index (χ0v) is 13.2. The fourth-order valence-corrected chi connectivity index (χ4v) is 3.52. The van der Waals surface area contributed by atoms with Crippen LogP contribution in [0.5, 0.6) is 0 Å². The first-order valence-corrected chi connectivity index (χ1v) is 7.67. The zero-order valence-electron chi connectivity index (χ0n) is 13.2. The van der Waals surface area contributed by atoms with Crippen molar-refractivity contribution in [3.63, 3.8) is 0 Å². The summed E-state index contributed by atoms with van der Waals surface area (Å²) in [5, 5.41) is 4.84. The van der Waals surface area contributed by atoms with Gasteiger partial charge in [0.05, 0.1) is 5.52 Å². The summed E-state index contributed by atoms with van der Waals surface area (Å²) < 4.78 is 1.85. The van der Waals surface area contributed by atoms with Crippen LogP contribution in [0.25, 0.3) is 32.6 Å². The number of amides is 1. The van der Waals surface area contributed by atoms with Gasteiger partial charge in [-0.3, -0.25) is 4.79 Å². The molecule has 0 aliphatic heterocycles. The van der Waals surface area contributed by atoms with Gasteiger partial charge in [0.1, 0.15) is 0 Å². The second-order valence-electron chi connectivity index (χ2n) is 6.08. The van der Waals surface area contributed by atoms with Gasteiger partial charge in [0, 0.05) is 27.7 Å². The normalized spacial score (nSPS) is 11.6. The molecule has 0 unspecified atom stereocenters. The van der Waals surface area contributed by atoms with E-state index < -0.39 is 0 Å². The quantitative estimate of drug-likeness (QED) is 0.550. The van der Waals surface area contributed by atoms with Gasteiger partial charge in [0.25, 0.3) is 5.91 Å². The molecule has 4 heteroatoms. The molecule has 114 valence electrons. The molecule has 0 atom stereocenters. The number of hydrogen-bond acceptors (Lipinski definition) is 1. The monoisotopic (exact) mass is 304 g/mol. The lowest BCUT2D eigenvalue weighted by atomic mass is 9.97. The van der Waals surface area contributed by atoms with Crippen molar-refractivity contribution < 1.29 is 9.36 Å². The minimum Gasteiger partial charge on any atom is -0.364 e. The van der Waals surface area contributed by atoms with E-state index >= 15 is 0 Å². The summed E-state index contributed by atoms with van der Waals surface area (Å²) in [7, 11) is 0. The van der Waals surface area contributed by atoms with E-state index in [-0.39, 0.29) is 12.5 Å². The van der Waals surface area contributed by atoms with Crippen LogP contribution in [0, 0.1) is 13.8 Å². The molecule has 0 saturated carbocycles. The van der Waals surface area contributed by atoms with Gasteiger partial charge in [-0.15, -0.1) is 0 Å². The van der Waals surface area contributed by atoms with Gasteiger partial charge in [-0.25, -0.2) is 0 Å². The molecule has 0 radical (unpaired) electrons. The number of nitrogens with zero attached hydrogens (tertiary/aromatic N) is 1. The predicted molar refractivity (Wildman–Crippen MR) is 92.2 cm³/mol. The summed E-state index contributed by atoms with van der Waals surface area (Å²) in [6.07, 6.45) is 3.93. The third kappa shape index (κ3) is 1.99. The third-order valence-corrected chi connectivity index (χ3v) is 4.62. The molecule has 2 heterocycles. The van der Waals surface area contributed by atoms with E-state index in [4.69, 9.17) is 5.73 Å². The molecule has 3 N–H and O–H groups in total. The first kappa shape index (κ1) is 13.8. The van der Waals surface area contributed by atoms with Crippen molar-refractivity contribution >= 4 is 38.5 Å². The molecule has 4 rings (SSSR count). The van der Waals surface area contributed by atoms with Crippen LogP contribution in [-0.4, -0.2) is 10.9 Å². The summed E-state index contributed by atoms with van der Waals surface area (Å²) in [5.41, 5.74) is 10.1. The number of pyridine rings is 1. The zero-order chi connectivity index (χ0) is 16.1. The van der Waals surface area contributed by atoms with E-state index in [2.05, 4.69) is 43.1 Å². The molecule has 23 heavy (non-hydrogen) atoms. The van der Waals surface area contributed by atoms with Crippen molar-refractivity contribution in [2.75, 3.05) is 0 Å². The number of rotatable bonds is 2. The second-order valence-corrected chi connectivity index (χ2v) is 6.08. The lowest BCUT2D eigenvalue weighted by molar-refractivity contribution is -0.682. The van der Waals surface area contributed by atoms with Crippen LogP contribution in [0.2, 0.25) is 0 Å². The average Bonchev–Trinajstić information content (AvgIpc) is 2.92. The van der Waals surface area contributed by atoms with Gasteiger partial charge in [0.15, 0.2) is 12.4 Å². The smallest absolute Gasteiger partial charge is 0.283 e. The van der Waals surface area contributed by atoms with Crippen LogP contribution < -0.4 is 10.3 Å². The van der Waals surface area contributed by atoms with E-state index in [0.29, 0.717) is 0 Å². The van der Waals surface area contributed by atoms with Gasteiger partial charge in [-0.05, 0) is 36.4 Å². The summed E-state index contributed by atoms with van der Waals surface area (Å²) >= 11 is 0. The number of aromatic nitrogens is 2. The van der Waals surface area contributed by atoms with Crippen molar-refractivity contribution in [1.29, 1.82) is 0 Å². The van der Waals surface area contributed by atoms with Gasteiger partial charge in [-0.2, -0.15) is 4.57 Å². The lowest BCUT2D eigenvalue weighted by Crippen LogP contribution is -2.40. The van der Waals surface area contributed by atoms with Crippen LogP contribution in [-0.2, 0) is 11.3 Å². The van der Waals surface area contributed by atoms with E-state index in [9.17, 15) is 4.79 Å². The fraction of sp³-hybridized carbons (Fsp3) is 0.158. The minimum absolute atomic E-state index is 0.195. The Labute approximate surface area is 133 Å². The number of H-pyrrole nitrogens is 1. The summed E-state index contributed by atoms with van der Waals surface area (Å²) in [4.78, 5) is 14.7.